The van der Waals surface area contributed by atoms with Gasteiger partial charge in [-0.1, -0.05) is 27.7 Å². The molecule has 0 saturated heterocycles. The average molecular weight is 938 g/mol. The number of hydrogen-bond donors (Lipinski definition) is 1. The summed E-state index contributed by atoms with van der Waals surface area (Å²) in [4.78, 5) is 16.5. The topological polar surface area (TPSA) is 50.2 Å². The summed E-state index contributed by atoms with van der Waals surface area (Å²) in [5, 5.41) is 12.2. The van der Waals surface area contributed by atoms with Crippen molar-refractivity contribution in [1.82, 2.24) is 4.98 Å². The number of carbonyl (C=O) groups excluding carboxylic acids is 1. The van der Waals surface area contributed by atoms with E-state index >= 15 is 0 Å². The molecule has 1 aromatic heterocycles. The Morgan fingerprint density at radius 3 is 2.10 bits per heavy atom. The molecule has 1 N–H and O–H groups in total. The Balaban J connectivity index is 0.000000389. The predicted octanol–water partition coefficient (Wildman–Crippen LogP) is 12.5. The van der Waals surface area contributed by atoms with Crippen LogP contribution in [0.2, 0.25) is 11.5 Å². The fourth-order valence-corrected chi connectivity index (χ4v) is 13.9. The first kappa shape index (κ1) is 43.6. The van der Waals surface area contributed by atoms with E-state index in [9.17, 15) is 9.90 Å². The molecule has 2 heterocycles. The molecule has 0 fully saturated rings. The van der Waals surface area contributed by atoms with Gasteiger partial charge in [-0.15, -0.1) is 0 Å². The van der Waals surface area contributed by atoms with E-state index in [1.807, 2.05) is 33.9 Å². The number of rotatable bonds is 10. The van der Waals surface area contributed by atoms with Crippen LogP contribution >= 0.6 is 0 Å². The van der Waals surface area contributed by atoms with E-state index in [4.69, 9.17) is 4.98 Å². The number of aliphatic hydroxyl groups excluding tert-OH is 1. The van der Waals surface area contributed by atoms with Crippen LogP contribution in [0.5, 0.6) is 0 Å². The van der Waals surface area contributed by atoms with E-state index in [1.165, 1.54) is 33.7 Å². The second-order valence-corrected chi connectivity index (χ2v) is 26.2. The van der Waals surface area contributed by atoms with Crippen molar-refractivity contribution in [2.24, 2.45) is 17.3 Å². The van der Waals surface area contributed by atoms with Crippen molar-refractivity contribution >= 4 is 44.7 Å². The second kappa shape index (κ2) is 18.0. The molecule has 52 heavy (non-hydrogen) atoms. The molecule has 1 radical (unpaired) electrons. The van der Waals surface area contributed by atoms with Gasteiger partial charge in [-0.25, -0.2) is 0 Å². The summed E-state index contributed by atoms with van der Waals surface area (Å²) in [6.07, 6.45) is 10.5. The van der Waals surface area contributed by atoms with Crippen molar-refractivity contribution in [3.63, 3.8) is 0 Å². The summed E-state index contributed by atoms with van der Waals surface area (Å²) in [5.74, 6) is 5.60. The molecule has 3 aromatic carbocycles. The molecule has 5 heteroatoms. The SMILES string of the molecule is CC(C)(C)Cc1cc[c]2c(c1)C=[C](c1ccnc(-c3[c-]c4ccccc4c(C(C)(C)C)c3)c1)[Ge]2([CH3])[CH3].CCC(CC)C(=O)/C=C(\O)C(CC)CC.[Ir]. The standard InChI is InChI=1S/C34H38GeN.C13H24O2.Ir/c1-33(2,3)22-23-13-14-30-26(17-23)20-31(35(30,7)8)25-15-16-36-32(21-25)27-18-24-11-9-10-12-28(24)29(19-27)34(4,5)6;1-5-10(6-2)12(14)9-13(15)11(7-3)8-4;/h9-17,19-21H,22H2,1-8H3;9-11,14H,5-8H2,1-4H3;/q-1;;/b;12-9-;. The molecule has 0 atom stereocenters. The first-order valence-electron chi connectivity index (χ1n) is 19.2. The van der Waals surface area contributed by atoms with E-state index in [0.717, 1.165) is 48.7 Å². The van der Waals surface area contributed by atoms with Crippen molar-refractivity contribution in [2.45, 2.75) is 118 Å². The van der Waals surface area contributed by atoms with E-state index < -0.39 is 13.3 Å². The maximum absolute atomic E-state index is 11.7. The zero-order chi connectivity index (χ0) is 37.7. The van der Waals surface area contributed by atoms with E-state index in [1.54, 1.807) is 8.80 Å². The zero-order valence-electron chi connectivity index (χ0n) is 33.8. The van der Waals surface area contributed by atoms with Gasteiger partial charge in [0.05, 0.1) is 5.76 Å². The maximum Gasteiger partial charge on any atom is 0.162 e. The smallest absolute Gasteiger partial charge is 0.162 e. The van der Waals surface area contributed by atoms with E-state index in [-0.39, 0.29) is 48.9 Å². The van der Waals surface area contributed by atoms with Crippen molar-refractivity contribution in [3.8, 4) is 11.3 Å². The Morgan fingerprint density at radius 1 is 0.865 bits per heavy atom. The van der Waals surface area contributed by atoms with Crippen LogP contribution in [-0.2, 0) is 36.7 Å². The van der Waals surface area contributed by atoms with Gasteiger partial charge < -0.3 is 5.11 Å². The molecule has 1 aliphatic rings. The second-order valence-electron chi connectivity index (χ2n) is 17.2. The Morgan fingerprint density at radius 2 is 1.50 bits per heavy atom. The number of nitrogens with zero attached hydrogens (tertiary/aromatic N) is 1. The molecule has 0 aliphatic carbocycles. The van der Waals surface area contributed by atoms with Crippen molar-refractivity contribution in [3.05, 3.63) is 107 Å². The Labute approximate surface area is 331 Å². The number of aliphatic hydroxyl groups is 1. The van der Waals surface area contributed by atoms with Gasteiger partial charge in [0.15, 0.2) is 5.78 Å². The fraction of sp³-hybridized carbons (Fsp3) is 0.447. The largest absolute Gasteiger partial charge is 0.512 e. The molecule has 0 amide bonds. The third kappa shape index (κ3) is 10.5. The van der Waals surface area contributed by atoms with Gasteiger partial charge in [0.25, 0.3) is 0 Å². The number of hydrogen-bond acceptors (Lipinski definition) is 3. The van der Waals surface area contributed by atoms with E-state index in [2.05, 4.69) is 126 Å². The monoisotopic (exact) mass is 939 g/mol. The summed E-state index contributed by atoms with van der Waals surface area (Å²) in [6.45, 7) is 21.9. The number of benzene rings is 3. The molecule has 0 spiro atoms. The van der Waals surface area contributed by atoms with Crippen LogP contribution in [0, 0.1) is 23.3 Å². The molecule has 0 unspecified atom stereocenters. The number of ketones is 1. The van der Waals surface area contributed by atoms with E-state index in [0.29, 0.717) is 5.41 Å². The first-order chi connectivity index (χ1) is 23.9. The summed E-state index contributed by atoms with van der Waals surface area (Å²) in [5.41, 5.74) is 7.95. The third-order valence-corrected chi connectivity index (χ3v) is 18.0. The van der Waals surface area contributed by atoms with Crippen LogP contribution in [-0.4, -0.2) is 29.1 Å². The molecular weight excluding hydrogens is 875 g/mol. The predicted molar refractivity (Wildman–Crippen MR) is 223 cm³/mol. The van der Waals surface area contributed by atoms with Gasteiger partial charge in [-0.2, -0.15) is 0 Å². The third-order valence-electron chi connectivity index (χ3n) is 10.5. The normalized spacial score (nSPS) is 14.1. The van der Waals surface area contributed by atoms with Crippen molar-refractivity contribution < 1.29 is 30.0 Å². The van der Waals surface area contributed by atoms with Gasteiger partial charge in [0.1, 0.15) is 0 Å². The minimum atomic E-state index is -2.41. The number of allylic oxidation sites excluding steroid dienone is 2. The summed E-state index contributed by atoms with van der Waals surface area (Å²) in [7, 11) is 0. The number of carbonyl (C=O) groups is 1. The van der Waals surface area contributed by atoms with Crippen LogP contribution < -0.4 is 4.40 Å². The quantitative estimate of drug-likeness (QED) is 0.0746. The summed E-state index contributed by atoms with van der Waals surface area (Å²) in [6, 6.07) is 26.3. The fourth-order valence-electron chi connectivity index (χ4n) is 7.46. The van der Waals surface area contributed by atoms with Gasteiger partial charge in [-0.3, -0.25) is 4.79 Å². The average Bonchev–Trinajstić information content (AvgIpc) is 3.33. The molecule has 3 nitrogen and oxygen atoms in total. The number of fused-ring (bicyclic) bond motifs is 2. The minimum absolute atomic E-state index is 0. The maximum atomic E-state index is 11.7. The summed E-state index contributed by atoms with van der Waals surface area (Å²) < 4.78 is 3.13. The van der Waals surface area contributed by atoms with Crippen molar-refractivity contribution in [1.29, 1.82) is 0 Å². The molecule has 1 aliphatic heterocycles. The van der Waals surface area contributed by atoms with Crippen molar-refractivity contribution in [2.75, 3.05) is 0 Å². The Bertz CT molecular complexity index is 1900. The van der Waals surface area contributed by atoms with Gasteiger partial charge in [0.2, 0.25) is 0 Å². The number of pyridine rings is 1. The molecule has 0 bridgehead atoms. The molecule has 5 rings (SSSR count). The Hall–Kier alpha value is -2.79. The van der Waals surface area contributed by atoms with Crippen LogP contribution in [0.25, 0.3) is 32.5 Å². The Kier molecular flexibility index (Phi) is 15.1. The van der Waals surface area contributed by atoms with Crippen LogP contribution in [0.15, 0.2) is 78.7 Å². The zero-order valence-corrected chi connectivity index (χ0v) is 38.3. The summed E-state index contributed by atoms with van der Waals surface area (Å²) >= 11 is -2.41. The van der Waals surface area contributed by atoms with Gasteiger partial charge >= 0.3 is 221 Å². The molecule has 281 valence electrons. The number of aromatic nitrogens is 1. The van der Waals surface area contributed by atoms with Crippen LogP contribution in [0.3, 0.4) is 0 Å². The molecule has 0 saturated carbocycles. The van der Waals surface area contributed by atoms with Gasteiger partial charge in [0, 0.05) is 38.0 Å². The van der Waals surface area contributed by atoms with Gasteiger partial charge in [-0.05, 0) is 25.7 Å². The minimum Gasteiger partial charge on any atom is -0.512 e. The van der Waals surface area contributed by atoms with Crippen LogP contribution in [0.4, 0.5) is 0 Å². The van der Waals surface area contributed by atoms with Crippen LogP contribution in [0.1, 0.15) is 117 Å². The first-order valence-corrected chi connectivity index (χ1v) is 25.4. The molecule has 4 aromatic rings. The molecular formula is C47H62GeIrNO2-.